The number of likely N-dealkylation sites (tertiary alicyclic amines) is 1. The molecule has 0 bridgehead atoms. The number of rotatable bonds is 2. The number of nitrogens with zero attached hydrogens (tertiary/aromatic N) is 1. The van der Waals surface area contributed by atoms with Gasteiger partial charge in [0.15, 0.2) is 0 Å². The summed E-state index contributed by atoms with van der Waals surface area (Å²) in [5, 5.41) is 8.75. The van der Waals surface area contributed by atoms with Gasteiger partial charge < -0.3 is 10.0 Å². The lowest BCUT2D eigenvalue weighted by Crippen LogP contribution is -2.42. The van der Waals surface area contributed by atoms with E-state index >= 15 is 0 Å². The summed E-state index contributed by atoms with van der Waals surface area (Å²) >= 11 is 0. The van der Waals surface area contributed by atoms with Crippen molar-refractivity contribution in [2.75, 3.05) is 13.1 Å². The van der Waals surface area contributed by atoms with Crippen LogP contribution in [0.5, 0.6) is 0 Å². The third-order valence-electron chi connectivity index (χ3n) is 3.84. The molecule has 0 spiro atoms. The van der Waals surface area contributed by atoms with Gasteiger partial charge in [0, 0.05) is 18.5 Å². The molecule has 0 aromatic heterocycles. The van der Waals surface area contributed by atoms with Crippen molar-refractivity contribution in [1.29, 1.82) is 0 Å². The molecule has 1 aliphatic heterocycles. The van der Waals surface area contributed by atoms with E-state index in [0.717, 1.165) is 4.90 Å². The highest BCUT2D eigenvalue weighted by Gasteiger charge is 2.57. The van der Waals surface area contributed by atoms with E-state index in [1.54, 1.807) is 0 Å². The summed E-state index contributed by atoms with van der Waals surface area (Å²) in [5.74, 6) is -2.96. The van der Waals surface area contributed by atoms with Crippen LogP contribution in [0, 0.1) is 11.3 Å². The summed E-state index contributed by atoms with van der Waals surface area (Å²) in [5.41, 5.74) is -0.618. The van der Waals surface area contributed by atoms with E-state index in [1.807, 2.05) is 0 Å². The smallest absolute Gasteiger partial charge is 0.471 e. The van der Waals surface area contributed by atoms with Crippen LogP contribution in [-0.4, -0.2) is 41.1 Å². The average Bonchev–Trinajstić information content (AvgIpc) is 2.39. The number of hydrogen-bond acceptors (Lipinski definition) is 2. The molecule has 0 unspecified atom stereocenters. The monoisotopic (exact) mass is 251 g/mol. The minimum atomic E-state index is -4.87. The Kier molecular flexibility index (Phi) is 2.59. The lowest BCUT2D eigenvalue weighted by atomic mass is 9.60. The van der Waals surface area contributed by atoms with Gasteiger partial charge in [0.1, 0.15) is 0 Å². The number of halogens is 3. The highest BCUT2D eigenvalue weighted by Crippen LogP contribution is 2.54. The fraction of sp³-hybridized carbons (Fsp3) is 0.800. The maximum atomic E-state index is 12.3. The minimum Gasteiger partial charge on any atom is -0.481 e. The van der Waals surface area contributed by atoms with Gasteiger partial charge in [-0.15, -0.1) is 0 Å². The maximum Gasteiger partial charge on any atom is 0.471 e. The van der Waals surface area contributed by atoms with Crippen molar-refractivity contribution in [2.24, 2.45) is 11.3 Å². The summed E-state index contributed by atoms with van der Waals surface area (Å²) in [6, 6.07) is 0. The van der Waals surface area contributed by atoms with E-state index in [-0.39, 0.29) is 25.4 Å². The first-order valence-corrected chi connectivity index (χ1v) is 5.32. The van der Waals surface area contributed by atoms with Crippen LogP contribution in [0.15, 0.2) is 0 Å². The Morgan fingerprint density at radius 1 is 1.41 bits per heavy atom. The SMILES string of the molecule is O=C(O)C[C@]12CC[C@H]1CN(C(=O)C(F)(F)F)C2. The van der Waals surface area contributed by atoms with E-state index in [2.05, 4.69) is 0 Å². The number of carbonyl (C=O) groups is 2. The van der Waals surface area contributed by atoms with Gasteiger partial charge in [0.25, 0.3) is 0 Å². The van der Waals surface area contributed by atoms with Crippen LogP contribution in [0.3, 0.4) is 0 Å². The first-order chi connectivity index (χ1) is 7.74. The van der Waals surface area contributed by atoms with Crippen LogP contribution >= 0.6 is 0 Å². The van der Waals surface area contributed by atoms with Gasteiger partial charge >= 0.3 is 18.1 Å². The summed E-state index contributed by atoms with van der Waals surface area (Å²) in [4.78, 5) is 22.5. The molecule has 7 heteroatoms. The molecule has 2 rings (SSSR count). The Labute approximate surface area is 95.4 Å². The molecule has 96 valence electrons. The molecule has 4 nitrogen and oxygen atoms in total. The number of alkyl halides is 3. The highest BCUT2D eigenvalue weighted by molar-refractivity contribution is 5.82. The van der Waals surface area contributed by atoms with Crippen molar-refractivity contribution in [3.05, 3.63) is 0 Å². The summed E-state index contributed by atoms with van der Waals surface area (Å²) < 4.78 is 36.8. The normalized spacial score (nSPS) is 31.9. The first-order valence-electron chi connectivity index (χ1n) is 5.32. The first kappa shape index (κ1) is 12.2. The van der Waals surface area contributed by atoms with Gasteiger partial charge in [-0.2, -0.15) is 13.2 Å². The number of hydrogen-bond donors (Lipinski definition) is 1. The molecule has 0 aromatic rings. The van der Waals surface area contributed by atoms with Crippen molar-refractivity contribution in [2.45, 2.75) is 25.4 Å². The van der Waals surface area contributed by atoms with E-state index in [9.17, 15) is 22.8 Å². The number of amides is 1. The molecule has 17 heavy (non-hydrogen) atoms. The molecule has 0 aromatic carbocycles. The van der Waals surface area contributed by atoms with Gasteiger partial charge in [-0.25, -0.2) is 0 Å². The van der Waals surface area contributed by atoms with E-state index in [1.165, 1.54) is 0 Å². The Morgan fingerprint density at radius 2 is 2.06 bits per heavy atom. The largest absolute Gasteiger partial charge is 0.481 e. The van der Waals surface area contributed by atoms with Gasteiger partial charge in [0.05, 0.1) is 6.42 Å². The molecule has 1 amide bonds. The molecular formula is C10H12F3NO3. The summed E-state index contributed by atoms with van der Waals surface area (Å²) in [7, 11) is 0. The highest BCUT2D eigenvalue weighted by atomic mass is 19.4. The summed E-state index contributed by atoms with van der Waals surface area (Å²) in [6.45, 7) is -0.0477. The summed E-state index contributed by atoms with van der Waals surface area (Å²) in [6.07, 6.45) is -3.73. The topological polar surface area (TPSA) is 57.6 Å². The Balaban J connectivity index is 2.08. The van der Waals surface area contributed by atoms with Crippen molar-refractivity contribution in [3.8, 4) is 0 Å². The number of aliphatic carboxylic acids is 1. The van der Waals surface area contributed by atoms with Crippen LogP contribution in [0.1, 0.15) is 19.3 Å². The second-order valence-electron chi connectivity index (χ2n) is 4.85. The number of fused-ring (bicyclic) bond motifs is 1. The van der Waals surface area contributed by atoms with Crippen LogP contribution in [0.2, 0.25) is 0 Å². The standard InChI is InChI=1S/C10H12F3NO3/c11-10(12,13)8(17)14-4-6-1-2-9(6,5-14)3-7(15)16/h6H,1-5H2,(H,15,16)/t6-,9-/m0/s1. The molecule has 2 fully saturated rings. The van der Waals surface area contributed by atoms with Crippen LogP contribution in [-0.2, 0) is 9.59 Å². The molecular weight excluding hydrogens is 239 g/mol. The predicted molar refractivity (Wildman–Crippen MR) is 50.0 cm³/mol. The number of carboxylic acid groups (broad SMARTS) is 1. The molecule has 1 N–H and O–H groups in total. The zero-order chi connectivity index (χ0) is 12.8. The molecule has 2 atom stereocenters. The fourth-order valence-electron chi connectivity index (χ4n) is 2.88. The molecule has 1 aliphatic carbocycles. The quantitative estimate of drug-likeness (QED) is 0.803. The van der Waals surface area contributed by atoms with Crippen LogP contribution in [0.25, 0.3) is 0 Å². The van der Waals surface area contributed by atoms with Gasteiger partial charge in [0.2, 0.25) is 0 Å². The van der Waals surface area contributed by atoms with Gasteiger partial charge in [-0.1, -0.05) is 0 Å². The second-order valence-corrected chi connectivity index (χ2v) is 4.85. The fourth-order valence-corrected chi connectivity index (χ4v) is 2.88. The molecule has 1 saturated heterocycles. The number of carboxylic acids is 1. The van der Waals surface area contributed by atoms with Gasteiger partial charge in [-0.3, -0.25) is 9.59 Å². The molecule has 1 heterocycles. The molecule has 0 radical (unpaired) electrons. The zero-order valence-corrected chi connectivity index (χ0v) is 8.96. The van der Waals surface area contributed by atoms with Crippen molar-refractivity contribution in [3.63, 3.8) is 0 Å². The Hall–Kier alpha value is -1.27. The van der Waals surface area contributed by atoms with Crippen molar-refractivity contribution in [1.82, 2.24) is 4.90 Å². The third kappa shape index (κ3) is 1.98. The minimum absolute atomic E-state index is 0.0334. The Bertz CT molecular complexity index is 368. The second kappa shape index (κ2) is 3.61. The Morgan fingerprint density at radius 3 is 2.47 bits per heavy atom. The zero-order valence-electron chi connectivity index (χ0n) is 8.96. The lowest BCUT2D eigenvalue weighted by molar-refractivity contribution is -0.184. The predicted octanol–water partition coefficient (Wildman–Crippen LogP) is 1.26. The molecule has 1 saturated carbocycles. The third-order valence-corrected chi connectivity index (χ3v) is 3.84. The van der Waals surface area contributed by atoms with E-state index in [0.29, 0.717) is 12.8 Å². The lowest BCUT2D eigenvalue weighted by Gasteiger charge is -2.42. The molecule has 2 aliphatic rings. The maximum absolute atomic E-state index is 12.3. The van der Waals surface area contributed by atoms with E-state index in [4.69, 9.17) is 5.11 Å². The van der Waals surface area contributed by atoms with Crippen LogP contribution in [0.4, 0.5) is 13.2 Å². The van der Waals surface area contributed by atoms with Crippen molar-refractivity contribution >= 4 is 11.9 Å². The average molecular weight is 251 g/mol. The van der Waals surface area contributed by atoms with Gasteiger partial charge in [-0.05, 0) is 18.8 Å². The van der Waals surface area contributed by atoms with Crippen LogP contribution < -0.4 is 0 Å². The van der Waals surface area contributed by atoms with Crippen molar-refractivity contribution < 1.29 is 27.9 Å². The number of carbonyl (C=O) groups excluding carboxylic acids is 1. The van der Waals surface area contributed by atoms with E-state index < -0.39 is 23.5 Å².